The predicted molar refractivity (Wildman–Crippen MR) is 74.5 cm³/mol. The average molecular weight is 274 g/mol. The van der Waals surface area contributed by atoms with E-state index in [2.05, 4.69) is 5.32 Å². The Labute approximate surface area is 117 Å². The van der Waals surface area contributed by atoms with Gasteiger partial charge in [0.2, 0.25) is 5.91 Å². The summed E-state index contributed by atoms with van der Waals surface area (Å²) in [5.74, 6) is -0.342. The number of hydrogen-bond acceptors (Lipinski definition) is 3. The van der Waals surface area contributed by atoms with Crippen LogP contribution in [0.1, 0.15) is 19.4 Å². The fraction of sp³-hybridized carbons (Fsp3) is 0.467. The largest absolute Gasteiger partial charge is 0.443 e. The summed E-state index contributed by atoms with van der Waals surface area (Å²) in [6, 6.07) is 7.62. The van der Waals surface area contributed by atoms with Gasteiger partial charge < -0.3 is 15.0 Å². The molecule has 2 saturated heterocycles. The van der Waals surface area contributed by atoms with Gasteiger partial charge in [-0.1, -0.05) is 17.7 Å². The third kappa shape index (κ3) is 1.94. The number of benzene rings is 1. The van der Waals surface area contributed by atoms with Crippen LogP contribution in [-0.2, 0) is 9.53 Å². The van der Waals surface area contributed by atoms with E-state index in [9.17, 15) is 9.59 Å². The van der Waals surface area contributed by atoms with Crippen LogP contribution < -0.4 is 10.2 Å². The van der Waals surface area contributed by atoms with Crippen LogP contribution in [-0.4, -0.2) is 30.2 Å². The second-order valence-corrected chi connectivity index (χ2v) is 6.01. The van der Waals surface area contributed by atoms with Crippen molar-refractivity contribution in [2.45, 2.75) is 32.4 Å². The van der Waals surface area contributed by atoms with Crippen molar-refractivity contribution in [3.63, 3.8) is 0 Å². The van der Waals surface area contributed by atoms with Crippen LogP contribution in [0.3, 0.4) is 0 Å². The summed E-state index contributed by atoms with van der Waals surface area (Å²) in [6.45, 7) is 6.08. The fourth-order valence-electron chi connectivity index (χ4n) is 3.08. The molecule has 2 aliphatic rings. The number of alkyl carbamates (subject to hydrolysis) is 1. The van der Waals surface area contributed by atoms with E-state index in [0.717, 1.165) is 11.3 Å². The summed E-state index contributed by atoms with van der Waals surface area (Å²) in [6.07, 6.45) is -0.449. The van der Waals surface area contributed by atoms with Gasteiger partial charge in [0.05, 0.1) is 12.0 Å². The first-order valence-electron chi connectivity index (χ1n) is 6.76. The predicted octanol–water partition coefficient (Wildman–Crippen LogP) is 1.84. The lowest BCUT2D eigenvalue weighted by Gasteiger charge is -2.37. The van der Waals surface area contributed by atoms with Crippen LogP contribution in [0.5, 0.6) is 0 Å². The quantitative estimate of drug-likeness (QED) is 0.850. The Morgan fingerprint density at radius 3 is 2.55 bits per heavy atom. The smallest absolute Gasteiger partial charge is 0.407 e. The van der Waals surface area contributed by atoms with Crippen LogP contribution in [0.4, 0.5) is 10.5 Å². The number of ether oxygens (including phenoxy) is 1. The summed E-state index contributed by atoms with van der Waals surface area (Å²) in [4.78, 5) is 25.9. The number of fused-ring (bicyclic) bond motifs is 1. The normalized spacial score (nSPS) is 27.9. The number of nitrogens with zero attached hydrogens (tertiary/aromatic N) is 1. The number of carbonyl (C=O) groups is 2. The Hall–Kier alpha value is -2.04. The molecule has 2 fully saturated rings. The number of nitrogens with one attached hydrogen (secondary N) is 1. The molecular formula is C15H18N2O3. The molecule has 2 atom stereocenters. The zero-order valence-corrected chi connectivity index (χ0v) is 11.8. The van der Waals surface area contributed by atoms with Crippen LogP contribution in [0, 0.1) is 12.8 Å². The van der Waals surface area contributed by atoms with Gasteiger partial charge in [-0.2, -0.15) is 0 Å². The zero-order valence-electron chi connectivity index (χ0n) is 11.8. The second-order valence-electron chi connectivity index (χ2n) is 6.01. The van der Waals surface area contributed by atoms with Gasteiger partial charge in [0.1, 0.15) is 5.60 Å². The average Bonchev–Trinajstić information content (AvgIpc) is 2.67. The van der Waals surface area contributed by atoms with E-state index in [-0.39, 0.29) is 17.9 Å². The molecule has 20 heavy (non-hydrogen) atoms. The first-order chi connectivity index (χ1) is 9.38. The Kier molecular flexibility index (Phi) is 2.74. The first-order valence-corrected chi connectivity index (χ1v) is 6.76. The molecule has 2 aliphatic heterocycles. The molecule has 0 saturated carbocycles. The summed E-state index contributed by atoms with van der Waals surface area (Å²) in [5.41, 5.74) is 1.23. The minimum Gasteiger partial charge on any atom is -0.443 e. The van der Waals surface area contributed by atoms with Crippen molar-refractivity contribution >= 4 is 17.7 Å². The molecule has 1 unspecified atom stereocenters. The van der Waals surface area contributed by atoms with Crippen molar-refractivity contribution in [1.82, 2.24) is 5.32 Å². The molecular weight excluding hydrogens is 256 g/mol. The maximum absolute atomic E-state index is 12.6. The molecule has 0 aromatic heterocycles. The summed E-state index contributed by atoms with van der Waals surface area (Å²) in [7, 11) is 0. The van der Waals surface area contributed by atoms with E-state index < -0.39 is 11.7 Å². The lowest BCUT2D eigenvalue weighted by atomic mass is 9.85. The van der Waals surface area contributed by atoms with Crippen LogP contribution in [0.15, 0.2) is 24.3 Å². The van der Waals surface area contributed by atoms with Gasteiger partial charge in [-0.25, -0.2) is 4.79 Å². The molecule has 2 amide bonds. The van der Waals surface area contributed by atoms with E-state index >= 15 is 0 Å². The van der Waals surface area contributed by atoms with E-state index in [0.29, 0.717) is 6.54 Å². The van der Waals surface area contributed by atoms with Gasteiger partial charge >= 0.3 is 6.09 Å². The fourth-order valence-corrected chi connectivity index (χ4v) is 3.08. The Morgan fingerprint density at radius 2 is 1.90 bits per heavy atom. The number of aryl methyl sites for hydroxylation is 1. The molecule has 106 valence electrons. The molecule has 5 nitrogen and oxygen atoms in total. The summed E-state index contributed by atoms with van der Waals surface area (Å²) in [5, 5.41) is 2.75. The van der Waals surface area contributed by atoms with Crippen molar-refractivity contribution < 1.29 is 14.3 Å². The third-order valence-corrected chi connectivity index (χ3v) is 4.07. The second kappa shape index (κ2) is 4.23. The molecule has 1 N–H and O–H groups in total. The molecule has 5 heteroatoms. The standard InChI is InChI=1S/C15H18N2O3/c1-9-4-6-10(7-5-9)17-8-11-12(13(17)18)15(2,3)20-14(19)16-11/h4-7,11-12H,8H2,1-3H3,(H,16,19)/t11-,12?/m1/s1. The van der Waals surface area contributed by atoms with E-state index in [1.54, 1.807) is 18.7 Å². The van der Waals surface area contributed by atoms with Crippen molar-refractivity contribution in [2.75, 3.05) is 11.4 Å². The monoisotopic (exact) mass is 274 g/mol. The summed E-state index contributed by atoms with van der Waals surface area (Å²) < 4.78 is 5.26. The number of rotatable bonds is 1. The minimum atomic E-state index is -0.774. The number of anilines is 1. The SMILES string of the molecule is Cc1ccc(N2C[C@H]3NC(=O)OC(C)(C)C3C2=O)cc1. The molecule has 0 bridgehead atoms. The van der Waals surface area contributed by atoms with Crippen LogP contribution in [0.25, 0.3) is 0 Å². The number of carbonyl (C=O) groups excluding carboxylic acids is 2. The number of amides is 2. The lowest BCUT2D eigenvalue weighted by Crippen LogP contribution is -2.57. The third-order valence-electron chi connectivity index (χ3n) is 4.07. The maximum Gasteiger partial charge on any atom is 0.407 e. The summed E-state index contributed by atoms with van der Waals surface area (Å²) >= 11 is 0. The Morgan fingerprint density at radius 1 is 1.25 bits per heavy atom. The molecule has 0 radical (unpaired) electrons. The molecule has 0 aliphatic carbocycles. The first kappa shape index (κ1) is 13.0. The Balaban J connectivity index is 1.92. The minimum absolute atomic E-state index is 0.00357. The Bertz CT molecular complexity index is 565. The van der Waals surface area contributed by atoms with Gasteiger partial charge in [0.15, 0.2) is 0 Å². The maximum atomic E-state index is 12.6. The van der Waals surface area contributed by atoms with E-state index in [4.69, 9.17) is 4.74 Å². The highest BCUT2D eigenvalue weighted by atomic mass is 16.6. The molecule has 1 aromatic rings. The van der Waals surface area contributed by atoms with Gasteiger partial charge in [0, 0.05) is 12.2 Å². The lowest BCUT2D eigenvalue weighted by molar-refractivity contribution is -0.130. The van der Waals surface area contributed by atoms with E-state index in [1.165, 1.54) is 0 Å². The van der Waals surface area contributed by atoms with Crippen molar-refractivity contribution in [1.29, 1.82) is 0 Å². The zero-order chi connectivity index (χ0) is 14.5. The van der Waals surface area contributed by atoms with Crippen LogP contribution >= 0.6 is 0 Å². The van der Waals surface area contributed by atoms with Gasteiger partial charge in [0.25, 0.3) is 0 Å². The highest BCUT2D eigenvalue weighted by Gasteiger charge is 2.54. The van der Waals surface area contributed by atoms with Gasteiger partial charge in [-0.05, 0) is 32.9 Å². The highest BCUT2D eigenvalue weighted by Crippen LogP contribution is 2.36. The van der Waals surface area contributed by atoms with Crippen molar-refractivity contribution in [3.8, 4) is 0 Å². The highest BCUT2D eigenvalue weighted by molar-refractivity contribution is 6.00. The molecule has 0 spiro atoms. The number of hydrogen-bond donors (Lipinski definition) is 1. The van der Waals surface area contributed by atoms with Gasteiger partial charge in [-0.3, -0.25) is 4.79 Å². The van der Waals surface area contributed by atoms with Crippen LogP contribution in [0.2, 0.25) is 0 Å². The van der Waals surface area contributed by atoms with E-state index in [1.807, 2.05) is 31.2 Å². The van der Waals surface area contributed by atoms with Crippen molar-refractivity contribution in [2.24, 2.45) is 5.92 Å². The topological polar surface area (TPSA) is 58.6 Å². The number of cyclic esters (lactones) is 1. The van der Waals surface area contributed by atoms with Gasteiger partial charge in [-0.15, -0.1) is 0 Å². The molecule has 3 rings (SSSR count). The van der Waals surface area contributed by atoms with Crippen molar-refractivity contribution in [3.05, 3.63) is 29.8 Å². The molecule has 1 aromatic carbocycles. The molecule has 2 heterocycles.